The molecule has 5 heteroatoms. The molecule has 102 valence electrons. The number of hydrogen-bond acceptors (Lipinski definition) is 4. The maximum absolute atomic E-state index is 11.5. The van der Waals surface area contributed by atoms with Gasteiger partial charge in [0.05, 0.1) is 16.5 Å². The molecule has 0 aliphatic heterocycles. The standard InChI is InChI=1S/C13H21NO3S/c1-10(13(2,3)17-4)14-11-7-6-8-12(9-11)18(5,15)16/h6-10,14H,1-5H3. The lowest BCUT2D eigenvalue weighted by Crippen LogP contribution is -2.41. The van der Waals surface area contributed by atoms with Gasteiger partial charge in [-0.05, 0) is 39.0 Å². The first-order valence-corrected chi connectivity index (χ1v) is 7.68. The Morgan fingerprint density at radius 2 is 1.94 bits per heavy atom. The summed E-state index contributed by atoms with van der Waals surface area (Å²) in [5.41, 5.74) is 0.441. The van der Waals surface area contributed by atoms with Gasteiger partial charge >= 0.3 is 0 Å². The Morgan fingerprint density at radius 3 is 2.44 bits per heavy atom. The molecular formula is C13H21NO3S. The van der Waals surface area contributed by atoms with E-state index in [0.717, 1.165) is 5.69 Å². The lowest BCUT2D eigenvalue weighted by Gasteiger charge is -2.31. The van der Waals surface area contributed by atoms with Crippen molar-refractivity contribution in [2.45, 2.75) is 37.3 Å². The highest BCUT2D eigenvalue weighted by molar-refractivity contribution is 7.90. The van der Waals surface area contributed by atoms with Crippen LogP contribution in [0.25, 0.3) is 0 Å². The summed E-state index contributed by atoms with van der Waals surface area (Å²) in [5.74, 6) is 0. The zero-order valence-corrected chi connectivity index (χ0v) is 12.3. The third kappa shape index (κ3) is 3.71. The Morgan fingerprint density at radius 1 is 1.33 bits per heavy atom. The molecule has 0 heterocycles. The number of anilines is 1. The van der Waals surface area contributed by atoms with E-state index >= 15 is 0 Å². The van der Waals surface area contributed by atoms with Gasteiger partial charge in [0.1, 0.15) is 0 Å². The van der Waals surface area contributed by atoms with Crippen molar-refractivity contribution in [3.05, 3.63) is 24.3 Å². The minimum Gasteiger partial charge on any atom is -0.380 e. The second-order valence-corrected chi connectivity index (χ2v) is 6.99. The van der Waals surface area contributed by atoms with E-state index in [-0.39, 0.29) is 11.6 Å². The summed E-state index contributed by atoms with van der Waals surface area (Å²) in [6.07, 6.45) is 1.20. The number of ether oxygens (including phenoxy) is 1. The summed E-state index contributed by atoms with van der Waals surface area (Å²) in [7, 11) is -1.52. The Hall–Kier alpha value is -1.07. The summed E-state index contributed by atoms with van der Waals surface area (Å²) in [6, 6.07) is 6.85. The van der Waals surface area contributed by atoms with Gasteiger partial charge in [0, 0.05) is 19.1 Å². The van der Waals surface area contributed by atoms with Gasteiger partial charge in [0.25, 0.3) is 0 Å². The molecule has 0 bridgehead atoms. The third-order valence-electron chi connectivity index (χ3n) is 3.21. The average molecular weight is 271 g/mol. The minimum atomic E-state index is -3.17. The van der Waals surface area contributed by atoms with Crippen molar-refractivity contribution in [1.82, 2.24) is 0 Å². The Bertz CT molecular complexity index is 509. The smallest absolute Gasteiger partial charge is 0.175 e. The highest BCUT2D eigenvalue weighted by Crippen LogP contribution is 2.21. The molecule has 0 aliphatic rings. The number of benzene rings is 1. The van der Waals surface area contributed by atoms with Crippen LogP contribution in [0.4, 0.5) is 5.69 Å². The van der Waals surface area contributed by atoms with Crippen LogP contribution in [0, 0.1) is 0 Å². The molecule has 0 saturated carbocycles. The highest BCUT2D eigenvalue weighted by Gasteiger charge is 2.25. The monoisotopic (exact) mass is 271 g/mol. The summed E-state index contributed by atoms with van der Waals surface area (Å²) in [6.45, 7) is 5.95. The van der Waals surface area contributed by atoms with Crippen LogP contribution in [0.1, 0.15) is 20.8 Å². The van der Waals surface area contributed by atoms with Crippen LogP contribution < -0.4 is 5.32 Å². The first-order valence-electron chi connectivity index (χ1n) is 5.78. The third-order valence-corrected chi connectivity index (χ3v) is 4.32. The second kappa shape index (κ2) is 5.28. The fourth-order valence-electron chi connectivity index (χ4n) is 1.42. The van der Waals surface area contributed by atoms with Crippen LogP contribution >= 0.6 is 0 Å². The number of rotatable bonds is 5. The molecule has 0 radical (unpaired) electrons. The first kappa shape index (κ1) is 15.0. The van der Waals surface area contributed by atoms with Crippen LogP contribution in [0.2, 0.25) is 0 Å². The van der Waals surface area contributed by atoms with Gasteiger partial charge in [-0.25, -0.2) is 8.42 Å². The van der Waals surface area contributed by atoms with E-state index in [4.69, 9.17) is 4.74 Å². The van der Waals surface area contributed by atoms with Crippen molar-refractivity contribution < 1.29 is 13.2 Å². The minimum absolute atomic E-state index is 0.0531. The normalized spacial score (nSPS) is 14.3. The molecule has 18 heavy (non-hydrogen) atoms. The fourth-order valence-corrected chi connectivity index (χ4v) is 2.08. The van der Waals surface area contributed by atoms with Gasteiger partial charge in [-0.15, -0.1) is 0 Å². The van der Waals surface area contributed by atoms with E-state index in [9.17, 15) is 8.42 Å². The molecule has 0 saturated heterocycles. The van der Waals surface area contributed by atoms with Crippen LogP contribution in [-0.4, -0.2) is 33.4 Å². The van der Waals surface area contributed by atoms with Crippen molar-refractivity contribution >= 4 is 15.5 Å². The summed E-state index contributed by atoms with van der Waals surface area (Å²) >= 11 is 0. The van der Waals surface area contributed by atoms with E-state index in [1.165, 1.54) is 6.26 Å². The van der Waals surface area contributed by atoms with Gasteiger partial charge in [0.15, 0.2) is 9.84 Å². The van der Waals surface area contributed by atoms with Crippen LogP contribution in [0.3, 0.4) is 0 Å². The molecule has 0 aliphatic carbocycles. The molecule has 0 amide bonds. The molecule has 1 rings (SSSR count). The molecule has 1 aromatic rings. The molecule has 0 fully saturated rings. The van der Waals surface area contributed by atoms with E-state index in [1.54, 1.807) is 25.3 Å². The number of methoxy groups -OCH3 is 1. The zero-order valence-electron chi connectivity index (χ0n) is 11.5. The van der Waals surface area contributed by atoms with Crippen LogP contribution in [0.5, 0.6) is 0 Å². The number of nitrogens with one attached hydrogen (secondary N) is 1. The molecule has 0 aromatic heterocycles. The average Bonchev–Trinajstić information content (AvgIpc) is 2.28. The lowest BCUT2D eigenvalue weighted by atomic mass is 10.00. The molecule has 1 unspecified atom stereocenters. The SMILES string of the molecule is COC(C)(C)C(C)Nc1cccc(S(C)(=O)=O)c1. The van der Waals surface area contributed by atoms with E-state index in [0.29, 0.717) is 4.90 Å². The van der Waals surface area contributed by atoms with Crippen molar-refractivity contribution in [2.75, 3.05) is 18.7 Å². The summed E-state index contributed by atoms with van der Waals surface area (Å²) in [5, 5.41) is 3.26. The van der Waals surface area contributed by atoms with Gasteiger partial charge in [-0.2, -0.15) is 0 Å². The zero-order chi connectivity index (χ0) is 14.0. The molecule has 1 atom stereocenters. The highest BCUT2D eigenvalue weighted by atomic mass is 32.2. The Balaban J connectivity index is 2.93. The largest absolute Gasteiger partial charge is 0.380 e. The van der Waals surface area contributed by atoms with E-state index < -0.39 is 9.84 Å². The summed E-state index contributed by atoms with van der Waals surface area (Å²) in [4.78, 5) is 0.315. The molecule has 4 nitrogen and oxygen atoms in total. The Kier molecular flexibility index (Phi) is 4.40. The first-order chi connectivity index (χ1) is 8.16. The van der Waals surface area contributed by atoms with Gasteiger partial charge in [-0.1, -0.05) is 6.07 Å². The fraction of sp³-hybridized carbons (Fsp3) is 0.538. The van der Waals surface area contributed by atoms with Gasteiger partial charge in [0.2, 0.25) is 0 Å². The second-order valence-electron chi connectivity index (χ2n) is 4.97. The van der Waals surface area contributed by atoms with Crippen molar-refractivity contribution in [1.29, 1.82) is 0 Å². The van der Waals surface area contributed by atoms with Gasteiger partial charge < -0.3 is 10.1 Å². The molecule has 1 N–H and O–H groups in total. The van der Waals surface area contributed by atoms with Crippen molar-refractivity contribution in [3.63, 3.8) is 0 Å². The number of sulfone groups is 1. The van der Waals surface area contributed by atoms with E-state index in [1.807, 2.05) is 26.8 Å². The van der Waals surface area contributed by atoms with Crippen LogP contribution in [-0.2, 0) is 14.6 Å². The molecule has 1 aromatic carbocycles. The Labute approximate surface area is 109 Å². The topological polar surface area (TPSA) is 55.4 Å². The van der Waals surface area contributed by atoms with Crippen molar-refractivity contribution in [3.8, 4) is 0 Å². The maximum atomic E-state index is 11.5. The lowest BCUT2D eigenvalue weighted by molar-refractivity contribution is 0.0107. The van der Waals surface area contributed by atoms with Crippen LogP contribution in [0.15, 0.2) is 29.2 Å². The quantitative estimate of drug-likeness (QED) is 0.893. The van der Waals surface area contributed by atoms with Gasteiger partial charge in [-0.3, -0.25) is 0 Å². The number of hydrogen-bond donors (Lipinski definition) is 1. The molecule has 0 spiro atoms. The predicted octanol–water partition coefficient (Wildman–Crippen LogP) is 2.32. The predicted molar refractivity (Wildman–Crippen MR) is 73.7 cm³/mol. The summed E-state index contributed by atoms with van der Waals surface area (Å²) < 4.78 is 28.3. The van der Waals surface area contributed by atoms with E-state index in [2.05, 4.69) is 5.32 Å². The maximum Gasteiger partial charge on any atom is 0.175 e. The molecular weight excluding hydrogens is 250 g/mol. The van der Waals surface area contributed by atoms with Crippen molar-refractivity contribution in [2.24, 2.45) is 0 Å².